The van der Waals surface area contributed by atoms with Gasteiger partial charge in [0.1, 0.15) is 17.9 Å². The smallest absolute Gasteiger partial charge is 0.290 e. The van der Waals surface area contributed by atoms with E-state index in [-0.39, 0.29) is 17.1 Å². The molecule has 3 aromatic carbocycles. The van der Waals surface area contributed by atoms with Crippen LogP contribution in [-0.4, -0.2) is 31.1 Å². The van der Waals surface area contributed by atoms with Crippen LogP contribution in [0.1, 0.15) is 38.9 Å². The highest BCUT2D eigenvalue weighted by atomic mass is 16.5. The van der Waals surface area contributed by atoms with E-state index in [4.69, 9.17) is 13.9 Å². The van der Waals surface area contributed by atoms with Gasteiger partial charge in [-0.2, -0.15) is 0 Å². The lowest BCUT2D eigenvalue weighted by Crippen LogP contribution is -2.32. The van der Waals surface area contributed by atoms with E-state index in [2.05, 4.69) is 0 Å². The zero-order valence-corrected chi connectivity index (χ0v) is 19.1. The maximum Gasteiger partial charge on any atom is 0.290 e. The maximum absolute atomic E-state index is 13.6. The first-order valence-electron chi connectivity index (χ1n) is 11.2. The molecule has 0 saturated heterocycles. The fraction of sp³-hybridized carbons (Fsp3) is 0.214. The molecule has 4 aromatic rings. The number of hydrogen-bond donors (Lipinski definition) is 0. The molecular weight excluding hydrogens is 430 g/mol. The van der Waals surface area contributed by atoms with Crippen molar-refractivity contribution < 1.29 is 18.7 Å². The molecule has 172 valence electrons. The third-order valence-corrected chi connectivity index (χ3v) is 6.10. The highest BCUT2D eigenvalue weighted by Gasteiger charge is 2.42. The molecule has 0 fully saturated rings. The Morgan fingerprint density at radius 2 is 1.74 bits per heavy atom. The van der Waals surface area contributed by atoms with E-state index in [1.165, 1.54) is 0 Å². The number of hydrogen-bond acceptors (Lipinski definition) is 5. The maximum atomic E-state index is 13.6. The molecule has 1 aromatic heterocycles. The Hall–Kier alpha value is -3.90. The van der Waals surface area contributed by atoms with Crippen molar-refractivity contribution in [3.63, 3.8) is 0 Å². The number of carbonyl (C=O) groups is 1. The summed E-state index contributed by atoms with van der Waals surface area (Å²) in [5, 5.41) is 0.480. The van der Waals surface area contributed by atoms with Crippen LogP contribution >= 0.6 is 0 Å². The Labute approximate surface area is 197 Å². The van der Waals surface area contributed by atoms with Gasteiger partial charge in [0.25, 0.3) is 5.91 Å². The van der Waals surface area contributed by atoms with Gasteiger partial charge in [0.2, 0.25) is 5.76 Å². The summed E-state index contributed by atoms with van der Waals surface area (Å²) in [5.74, 6) is 0.509. The highest BCUT2D eigenvalue weighted by molar-refractivity contribution is 5.99. The van der Waals surface area contributed by atoms with Crippen LogP contribution < -0.4 is 10.2 Å². The third kappa shape index (κ3) is 3.97. The van der Waals surface area contributed by atoms with Gasteiger partial charge < -0.3 is 18.8 Å². The molecular formula is C28H25NO5. The van der Waals surface area contributed by atoms with Crippen LogP contribution in [0.15, 0.2) is 82.0 Å². The summed E-state index contributed by atoms with van der Waals surface area (Å²) < 4.78 is 17.1. The minimum atomic E-state index is -0.554. The fourth-order valence-corrected chi connectivity index (χ4v) is 4.39. The van der Waals surface area contributed by atoms with Crippen LogP contribution in [0.3, 0.4) is 0 Å². The lowest BCUT2D eigenvalue weighted by atomic mass is 9.98. The van der Waals surface area contributed by atoms with Crippen molar-refractivity contribution in [2.24, 2.45) is 0 Å². The Bertz CT molecular complexity index is 1390. The molecule has 6 heteroatoms. The second-order valence-electron chi connectivity index (χ2n) is 8.41. The van der Waals surface area contributed by atoms with E-state index < -0.39 is 6.04 Å². The van der Waals surface area contributed by atoms with Gasteiger partial charge >= 0.3 is 0 Å². The number of carbonyl (C=O) groups excluding carboxylic acids is 1. The first-order valence-corrected chi connectivity index (χ1v) is 11.2. The summed E-state index contributed by atoms with van der Waals surface area (Å²) in [4.78, 5) is 28.5. The molecule has 0 aliphatic carbocycles. The Morgan fingerprint density at radius 1 is 0.971 bits per heavy atom. The number of amides is 1. The van der Waals surface area contributed by atoms with Crippen molar-refractivity contribution in [3.05, 3.63) is 111 Å². The third-order valence-electron chi connectivity index (χ3n) is 6.10. The monoisotopic (exact) mass is 455 g/mol. The van der Waals surface area contributed by atoms with Crippen molar-refractivity contribution in [1.82, 2.24) is 4.90 Å². The molecule has 0 radical (unpaired) electrons. The largest absolute Gasteiger partial charge is 0.489 e. The molecule has 0 spiro atoms. The Morgan fingerprint density at radius 3 is 2.47 bits per heavy atom. The van der Waals surface area contributed by atoms with Crippen LogP contribution in [0.25, 0.3) is 11.0 Å². The van der Waals surface area contributed by atoms with E-state index in [1.807, 2.05) is 67.6 Å². The van der Waals surface area contributed by atoms with Gasteiger partial charge in [-0.25, -0.2) is 0 Å². The molecule has 1 atom stereocenters. The predicted molar refractivity (Wildman–Crippen MR) is 129 cm³/mol. The van der Waals surface area contributed by atoms with Gasteiger partial charge in [-0.1, -0.05) is 54.1 Å². The molecule has 1 amide bonds. The number of nitrogens with zero attached hydrogens (tertiary/aromatic N) is 1. The molecule has 1 aliphatic heterocycles. The van der Waals surface area contributed by atoms with Crippen molar-refractivity contribution in [2.45, 2.75) is 19.6 Å². The van der Waals surface area contributed by atoms with Gasteiger partial charge in [0.05, 0.1) is 23.6 Å². The van der Waals surface area contributed by atoms with Crippen LogP contribution in [-0.2, 0) is 11.3 Å². The summed E-state index contributed by atoms with van der Waals surface area (Å²) in [6.45, 7) is 3.07. The summed E-state index contributed by atoms with van der Waals surface area (Å²) >= 11 is 0. The summed E-state index contributed by atoms with van der Waals surface area (Å²) in [6, 6.07) is 22.3. The Balaban J connectivity index is 1.52. The predicted octanol–water partition coefficient (Wildman–Crippen LogP) is 4.87. The van der Waals surface area contributed by atoms with Gasteiger partial charge in [-0.3, -0.25) is 9.59 Å². The zero-order chi connectivity index (χ0) is 23.7. The molecule has 5 rings (SSSR count). The van der Waals surface area contributed by atoms with Gasteiger partial charge in [0, 0.05) is 13.7 Å². The van der Waals surface area contributed by atoms with E-state index in [1.54, 1.807) is 24.1 Å². The number of methoxy groups -OCH3 is 1. The van der Waals surface area contributed by atoms with Gasteiger partial charge in [-0.05, 0) is 42.3 Å². The molecule has 0 saturated carbocycles. The minimum absolute atomic E-state index is 0.104. The number of rotatable bonds is 7. The quantitative estimate of drug-likeness (QED) is 0.398. The van der Waals surface area contributed by atoms with Crippen LogP contribution in [0.5, 0.6) is 5.75 Å². The highest BCUT2D eigenvalue weighted by Crippen LogP contribution is 2.38. The number of aryl methyl sites for hydroxylation is 1. The van der Waals surface area contributed by atoms with Crippen molar-refractivity contribution in [2.75, 3.05) is 20.3 Å². The first kappa shape index (κ1) is 21.9. The number of fused-ring (bicyclic) bond motifs is 2. The van der Waals surface area contributed by atoms with Crippen molar-refractivity contribution in [1.29, 1.82) is 0 Å². The van der Waals surface area contributed by atoms with E-state index in [0.717, 1.165) is 16.7 Å². The molecule has 6 nitrogen and oxygen atoms in total. The SMILES string of the molecule is COCCN1C(=O)c2oc3ccc(C)cc3c(=O)c2C1c1ccc(OCc2ccccc2)cc1. The second-order valence-corrected chi connectivity index (χ2v) is 8.41. The summed E-state index contributed by atoms with van der Waals surface area (Å²) in [5.41, 5.74) is 3.46. The topological polar surface area (TPSA) is 69.0 Å². The number of benzene rings is 3. The van der Waals surface area contributed by atoms with Gasteiger partial charge in [0.15, 0.2) is 5.43 Å². The Kier molecular flexibility index (Phi) is 5.90. The average Bonchev–Trinajstić information content (AvgIpc) is 3.14. The lowest BCUT2D eigenvalue weighted by molar-refractivity contribution is 0.0663. The molecule has 1 unspecified atom stereocenters. The van der Waals surface area contributed by atoms with Crippen LogP contribution in [0, 0.1) is 6.92 Å². The van der Waals surface area contributed by atoms with Crippen LogP contribution in [0.4, 0.5) is 0 Å². The zero-order valence-electron chi connectivity index (χ0n) is 19.1. The molecule has 0 bridgehead atoms. The minimum Gasteiger partial charge on any atom is -0.489 e. The van der Waals surface area contributed by atoms with Gasteiger partial charge in [-0.15, -0.1) is 0 Å². The standard InChI is InChI=1S/C28H25NO5/c1-18-8-13-23-22(16-18)26(30)24-25(29(14-15-32-2)28(31)27(24)34-23)20-9-11-21(12-10-20)33-17-19-6-4-3-5-7-19/h3-13,16,25H,14-15,17H2,1-2H3. The van der Waals surface area contributed by atoms with E-state index >= 15 is 0 Å². The number of ether oxygens (including phenoxy) is 2. The average molecular weight is 456 g/mol. The molecule has 2 heterocycles. The molecule has 34 heavy (non-hydrogen) atoms. The lowest BCUT2D eigenvalue weighted by Gasteiger charge is -2.25. The fourth-order valence-electron chi connectivity index (χ4n) is 4.39. The second kappa shape index (κ2) is 9.15. The molecule has 0 N–H and O–H groups in total. The summed E-state index contributed by atoms with van der Waals surface area (Å²) in [7, 11) is 1.59. The van der Waals surface area contributed by atoms with Crippen molar-refractivity contribution in [3.8, 4) is 5.75 Å². The molecule has 1 aliphatic rings. The summed E-state index contributed by atoms with van der Waals surface area (Å²) in [6.07, 6.45) is 0. The van der Waals surface area contributed by atoms with E-state index in [0.29, 0.717) is 42.0 Å². The van der Waals surface area contributed by atoms with Crippen molar-refractivity contribution >= 4 is 16.9 Å². The normalized spacial score (nSPS) is 15.1. The van der Waals surface area contributed by atoms with Crippen LogP contribution in [0.2, 0.25) is 0 Å². The van der Waals surface area contributed by atoms with E-state index in [9.17, 15) is 9.59 Å². The first-order chi connectivity index (χ1) is 16.6.